The first-order chi connectivity index (χ1) is 7.33. The molecule has 2 heteroatoms. The summed E-state index contributed by atoms with van der Waals surface area (Å²) in [6, 6.07) is 4.50. The first-order valence-corrected chi connectivity index (χ1v) is 6.06. The summed E-state index contributed by atoms with van der Waals surface area (Å²) >= 11 is 0. The van der Waals surface area contributed by atoms with Crippen molar-refractivity contribution in [2.24, 2.45) is 5.92 Å². The van der Waals surface area contributed by atoms with Crippen LogP contribution in [-0.4, -0.2) is 18.1 Å². The first kappa shape index (κ1) is 9.20. The first-order valence-electron chi connectivity index (χ1n) is 6.06. The van der Waals surface area contributed by atoms with Gasteiger partial charge in [0.15, 0.2) is 0 Å². The number of hydrogen-bond acceptors (Lipinski definition) is 2. The van der Waals surface area contributed by atoms with Crippen molar-refractivity contribution in [3.63, 3.8) is 0 Å². The lowest BCUT2D eigenvalue weighted by Gasteiger charge is -2.16. The molecule has 0 spiro atoms. The quantitative estimate of drug-likeness (QED) is 0.695. The Morgan fingerprint density at radius 3 is 2.80 bits per heavy atom. The Morgan fingerprint density at radius 2 is 2.00 bits per heavy atom. The lowest BCUT2D eigenvalue weighted by molar-refractivity contribution is 0.623. The van der Waals surface area contributed by atoms with Gasteiger partial charge in [-0.25, -0.2) is 4.98 Å². The van der Waals surface area contributed by atoms with Crippen LogP contribution >= 0.6 is 0 Å². The number of pyridine rings is 1. The van der Waals surface area contributed by atoms with Crippen LogP contribution in [0.4, 0.5) is 5.82 Å². The minimum Gasteiger partial charge on any atom is -0.357 e. The minimum absolute atomic E-state index is 0.793. The van der Waals surface area contributed by atoms with Gasteiger partial charge >= 0.3 is 0 Å². The Morgan fingerprint density at radius 1 is 1.20 bits per heavy atom. The van der Waals surface area contributed by atoms with Crippen molar-refractivity contribution in [3.05, 3.63) is 23.4 Å². The van der Waals surface area contributed by atoms with Gasteiger partial charge in [-0.3, -0.25) is 0 Å². The molecule has 1 aromatic heterocycles. The predicted octanol–water partition coefficient (Wildman–Crippen LogP) is 2.42. The summed E-state index contributed by atoms with van der Waals surface area (Å²) in [7, 11) is 0. The van der Waals surface area contributed by atoms with Gasteiger partial charge in [-0.2, -0.15) is 0 Å². The van der Waals surface area contributed by atoms with Gasteiger partial charge in [0.1, 0.15) is 5.82 Å². The molecule has 1 fully saturated rings. The number of hydrogen-bond donors (Lipinski definition) is 0. The molecule has 1 unspecified atom stereocenters. The molecule has 0 aromatic carbocycles. The molecular formula is C13H18N2. The lowest BCUT2D eigenvalue weighted by Crippen LogP contribution is -2.19. The summed E-state index contributed by atoms with van der Waals surface area (Å²) in [4.78, 5) is 7.23. The molecule has 1 aromatic rings. The molecule has 1 atom stereocenters. The zero-order valence-corrected chi connectivity index (χ0v) is 9.37. The van der Waals surface area contributed by atoms with Crippen LogP contribution in [0.1, 0.15) is 31.0 Å². The summed E-state index contributed by atoms with van der Waals surface area (Å²) in [5.74, 6) is 2.00. The van der Waals surface area contributed by atoms with E-state index in [0.717, 1.165) is 5.92 Å². The summed E-state index contributed by atoms with van der Waals surface area (Å²) in [6.07, 6.45) is 5.06. The second-order valence-corrected chi connectivity index (χ2v) is 4.98. The third-order valence-corrected chi connectivity index (χ3v) is 3.59. The molecule has 0 bridgehead atoms. The molecule has 0 radical (unpaired) electrons. The van der Waals surface area contributed by atoms with E-state index in [1.54, 1.807) is 0 Å². The fourth-order valence-electron chi connectivity index (χ4n) is 2.78. The van der Waals surface area contributed by atoms with Crippen molar-refractivity contribution in [1.29, 1.82) is 0 Å². The van der Waals surface area contributed by atoms with Gasteiger partial charge < -0.3 is 4.90 Å². The van der Waals surface area contributed by atoms with Crippen molar-refractivity contribution < 1.29 is 0 Å². The monoisotopic (exact) mass is 202 g/mol. The third-order valence-electron chi connectivity index (χ3n) is 3.59. The maximum atomic E-state index is 4.81. The highest BCUT2D eigenvalue weighted by atomic mass is 15.2. The molecule has 2 aliphatic rings. The summed E-state index contributed by atoms with van der Waals surface area (Å²) in [6.45, 7) is 4.71. The van der Waals surface area contributed by atoms with Crippen molar-refractivity contribution in [1.82, 2.24) is 4.98 Å². The van der Waals surface area contributed by atoms with E-state index < -0.39 is 0 Å². The molecule has 1 aliphatic carbocycles. The van der Waals surface area contributed by atoms with Crippen LogP contribution in [0.3, 0.4) is 0 Å². The van der Waals surface area contributed by atoms with Gasteiger partial charge in [0.05, 0.1) is 0 Å². The van der Waals surface area contributed by atoms with Crippen LogP contribution < -0.4 is 4.90 Å². The van der Waals surface area contributed by atoms with Gasteiger partial charge in [0.25, 0.3) is 0 Å². The normalized spacial score (nSPS) is 24.6. The Kier molecular flexibility index (Phi) is 2.15. The number of fused-ring (bicyclic) bond motifs is 1. The molecular weight excluding hydrogens is 184 g/mol. The number of nitrogens with zero attached hydrogens (tertiary/aromatic N) is 2. The third kappa shape index (κ3) is 1.62. The smallest absolute Gasteiger partial charge is 0.128 e. The number of anilines is 1. The standard InChI is InChI=1S/C13H18N2/c1-10-8-11-4-5-13(14-12(11)9-10)15-6-2-3-7-15/h4-5,10H,2-3,6-9H2,1H3. The van der Waals surface area contributed by atoms with E-state index in [-0.39, 0.29) is 0 Å². The highest BCUT2D eigenvalue weighted by Crippen LogP contribution is 2.28. The highest BCUT2D eigenvalue weighted by molar-refractivity contribution is 5.44. The summed E-state index contributed by atoms with van der Waals surface area (Å²) in [5, 5.41) is 0. The van der Waals surface area contributed by atoms with E-state index in [1.807, 2.05) is 0 Å². The zero-order valence-electron chi connectivity index (χ0n) is 9.37. The molecule has 0 saturated carbocycles. The van der Waals surface area contributed by atoms with Gasteiger partial charge in [0.2, 0.25) is 0 Å². The zero-order chi connectivity index (χ0) is 10.3. The van der Waals surface area contributed by atoms with Crippen LogP contribution in [0.5, 0.6) is 0 Å². The van der Waals surface area contributed by atoms with E-state index in [4.69, 9.17) is 4.98 Å². The average Bonchev–Trinajstić information content (AvgIpc) is 2.82. The van der Waals surface area contributed by atoms with Gasteiger partial charge in [-0.05, 0) is 43.2 Å². The molecule has 15 heavy (non-hydrogen) atoms. The maximum Gasteiger partial charge on any atom is 0.128 e. The highest BCUT2D eigenvalue weighted by Gasteiger charge is 2.21. The molecule has 0 N–H and O–H groups in total. The molecule has 3 rings (SSSR count). The predicted molar refractivity (Wildman–Crippen MR) is 62.3 cm³/mol. The fourth-order valence-corrected chi connectivity index (χ4v) is 2.78. The summed E-state index contributed by atoms with van der Waals surface area (Å²) < 4.78 is 0. The molecule has 0 amide bonds. The van der Waals surface area contributed by atoms with Crippen LogP contribution in [0.15, 0.2) is 12.1 Å². The maximum absolute atomic E-state index is 4.81. The SMILES string of the molecule is CC1Cc2ccc(N3CCCC3)nc2C1. The number of rotatable bonds is 1. The van der Waals surface area contributed by atoms with Crippen LogP contribution in [0, 0.1) is 5.92 Å². The van der Waals surface area contributed by atoms with E-state index in [9.17, 15) is 0 Å². The molecule has 1 saturated heterocycles. The largest absolute Gasteiger partial charge is 0.357 e. The van der Waals surface area contributed by atoms with Gasteiger partial charge in [-0.15, -0.1) is 0 Å². The Balaban J connectivity index is 1.89. The second-order valence-electron chi connectivity index (χ2n) is 4.98. The van der Waals surface area contributed by atoms with E-state index >= 15 is 0 Å². The Bertz CT molecular complexity index is 367. The minimum atomic E-state index is 0.793. The molecule has 2 heterocycles. The van der Waals surface area contributed by atoms with E-state index in [0.29, 0.717) is 0 Å². The van der Waals surface area contributed by atoms with Gasteiger partial charge in [0, 0.05) is 18.8 Å². The van der Waals surface area contributed by atoms with Crippen LogP contribution in [-0.2, 0) is 12.8 Å². The lowest BCUT2D eigenvalue weighted by atomic mass is 10.1. The second kappa shape index (κ2) is 3.51. The Hall–Kier alpha value is -1.05. The van der Waals surface area contributed by atoms with Crippen molar-refractivity contribution >= 4 is 5.82 Å². The van der Waals surface area contributed by atoms with Crippen molar-refractivity contribution in [3.8, 4) is 0 Å². The molecule has 80 valence electrons. The fraction of sp³-hybridized carbons (Fsp3) is 0.615. The van der Waals surface area contributed by atoms with E-state index in [2.05, 4.69) is 24.0 Å². The van der Waals surface area contributed by atoms with E-state index in [1.165, 1.54) is 55.8 Å². The van der Waals surface area contributed by atoms with Crippen molar-refractivity contribution in [2.45, 2.75) is 32.6 Å². The number of aromatic nitrogens is 1. The molecule has 1 aliphatic heterocycles. The van der Waals surface area contributed by atoms with Crippen LogP contribution in [0.25, 0.3) is 0 Å². The van der Waals surface area contributed by atoms with Crippen molar-refractivity contribution in [2.75, 3.05) is 18.0 Å². The topological polar surface area (TPSA) is 16.1 Å². The van der Waals surface area contributed by atoms with Gasteiger partial charge in [-0.1, -0.05) is 13.0 Å². The Labute approximate surface area is 91.3 Å². The van der Waals surface area contributed by atoms with Crippen LogP contribution in [0.2, 0.25) is 0 Å². The average molecular weight is 202 g/mol. The molecule has 2 nitrogen and oxygen atoms in total. The summed E-state index contributed by atoms with van der Waals surface area (Å²) in [5.41, 5.74) is 2.83.